The first-order valence-electron chi connectivity index (χ1n) is 5.37. The third-order valence-electron chi connectivity index (χ3n) is 3.38. The van der Waals surface area contributed by atoms with Crippen molar-refractivity contribution in [3.8, 4) is 0 Å². The van der Waals surface area contributed by atoms with Gasteiger partial charge in [0.15, 0.2) is 0 Å². The average Bonchev–Trinajstić information content (AvgIpc) is 2.02. The van der Waals surface area contributed by atoms with Gasteiger partial charge in [0, 0.05) is 6.42 Å². The van der Waals surface area contributed by atoms with Crippen LogP contribution in [0.15, 0.2) is 12.7 Å². The lowest BCUT2D eigenvalue weighted by atomic mass is 10.2. The van der Waals surface area contributed by atoms with Gasteiger partial charge in [-0.25, -0.2) is 0 Å². The zero-order valence-corrected chi connectivity index (χ0v) is 11.3. The molecule has 0 bridgehead atoms. The lowest BCUT2D eigenvalue weighted by Crippen LogP contribution is -2.46. The number of hydrogen-bond acceptors (Lipinski definition) is 1. The molecule has 0 spiro atoms. The molecule has 0 heterocycles. The topological polar surface area (TPSA) is 17.1 Å². The molecule has 2 heteroatoms. The molecule has 0 aromatic carbocycles. The molecule has 1 nitrogen and oxygen atoms in total. The quantitative estimate of drug-likeness (QED) is 0.383. The van der Waals surface area contributed by atoms with Gasteiger partial charge in [-0.05, 0) is 17.9 Å². The number of carbonyl (C=O) groups is 1. The second-order valence-electron chi connectivity index (χ2n) is 5.48. The average molecular weight is 212 g/mol. The van der Waals surface area contributed by atoms with Crippen LogP contribution in [0.4, 0.5) is 0 Å². The predicted octanol–water partition coefficient (Wildman–Crippen LogP) is 3.96. The highest BCUT2D eigenvalue weighted by molar-refractivity contribution is 7.06. The number of rotatable bonds is 5. The predicted molar refractivity (Wildman–Crippen MR) is 66.3 cm³/mol. The zero-order chi connectivity index (χ0) is 11.4. The molecular weight excluding hydrogens is 188 g/mol. The Kier molecular flexibility index (Phi) is 4.79. The molecule has 0 aromatic heterocycles. The Morgan fingerprint density at radius 1 is 1.36 bits per heavy atom. The molecule has 0 unspecified atom stereocenters. The van der Waals surface area contributed by atoms with Crippen LogP contribution in [-0.2, 0) is 4.79 Å². The van der Waals surface area contributed by atoms with Crippen molar-refractivity contribution in [1.82, 2.24) is 0 Å². The summed E-state index contributed by atoms with van der Waals surface area (Å²) in [5, 5.41) is 0.685. The number of hydrogen-bond donors (Lipinski definition) is 0. The van der Waals surface area contributed by atoms with Crippen molar-refractivity contribution in [2.75, 3.05) is 0 Å². The lowest BCUT2D eigenvalue weighted by molar-refractivity contribution is -0.113. The Hall–Kier alpha value is -0.373. The fourth-order valence-electron chi connectivity index (χ4n) is 1.14. The van der Waals surface area contributed by atoms with Crippen molar-refractivity contribution in [3.63, 3.8) is 0 Å². The minimum Gasteiger partial charge on any atom is -0.305 e. The molecule has 0 aliphatic heterocycles. The van der Waals surface area contributed by atoms with Crippen LogP contribution in [0.2, 0.25) is 18.1 Å². The van der Waals surface area contributed by atoms with Gasteiger partial charge in [0.05, 0.1) is 0 Å². The van der Waals surface area contributed by atoms with Gasteiger partial charge in [-0.2, -0.15) is 0 Å². The van der Waals surface area contributed by atoms with E-state index in [1.54, 1.807) is 0 Å². The van der Waals surface area contributed by atoms with E-state index < -0.39 is 8.07 Å². The molecule has 0 radical (unpaired) electrons. The Morgan fingerprint density at radius 2 is 1.86 bits per heavy atom. The lowest BCUT2D eigenvalue weighted by Gasteiger charge is -2.35. The maximum absolute atomic E-state index is 12.0. The van der Waals surface area contributed by atoms with Crippen molar-refractivity contribution in [1.29, 1.82) is 0 Å². The summed E-state index contributed by atoms with van der Waals surface area (Å²) in [5.74, 6) is 0. The van der Waals surface area contributed by atoms with Gasteiger partial charge in [-0.1, -0.05) is 39.9 Å². The van der Waals surface area contributed by atoms with Crippen molar-refractivity contribution >= 4 is 13.5 Å². The van der Waals surface area contributed by atoms with Crippen LogP contribution in [0, 0.1) is 0 Å². The van der Waals surface area contributed by atoms with Crippen molar-refractivity contribution in [3.05, 3.63) is 12.7 Å². The maximum Gasteiger partial charge on any atom is 0.132 e. The van der Waals surface area contributed by atoms with E-state index in [4.69, 9.17) is 0 Å². The van der Waals surface area contributed by atoms with E-state index in [0.717, 1.165) is 19.3 Å². The van der Waals surface area contributed by atoms with Gasteiger partial charge >= 0.3 is 0 Å². The smallest absolute Gasteiger partial charge is 0.132 e. The number of carbonyl (C=O) groups excluding carboxylic acids is 1. The molecule has 0 atom stereocenters. The molecule has 0 N–H and O–H groups in total. The summed E-state index contributed by atoms with van der Waals surface area (Å²) in [6.07, 6.45) is 4.55. The molecule has 0 rings (SSSR count). The minimum atomic E-state index is -1.73. The first-order valence-corrected chi connectivity index (χ1v) is 8.37. The van der Waals surface area contributed by atoms with E-state index in [9.17, 15) is 4.79 Å². The largest absolute Gasteiger partial charge is 0.305 e. The maximum atomic E-state index is 12.0. The van der Waals surface area contributed by atoms with Gasteiger partial charge in [-0.3, -0.25) is 0 Å². The SMILES string of the molecule is C=CCCCC(=O)[Si](C)(C)C(C)(C)C. The molecule has 0 aliphatic rings. The summed E-state index contributed by atoms with van der Waals surface area (Å²) in [5.41, 5.74) is 0. The monoisotopic (exact) mass is 212 g/mol. The molecular formula is C12H24OSi. The Balaban J connectivity index is 4.29. The first-order chi connectivity index (χ1) is 6.23. The van der Waals surface area contributed by atoms with Gasteiger partial charge in [-0.15, -0.1) is 6.58 Å². The fourth-order valence-corrected chi connectivity index (χ4v) is 2.78. The summed E-state index contributed by atoms with van der Waals surface area (Å²) in [6, 6.07) is 0. The Morgan fingerprint density at radius 3 is 2.21 bits per heavy atom. The van der Waals surface area contributed by atoms with E-state index in [1.165, 1.54) is 0 Å². The van der Waals surface area contributed by atoms with E-state index in [1.807, 2.05) is 6.08 Å². The Labute approximate surface area is 89.6 Å². The normalized spacial score (nSPS) is 12.6. The highest BCUT2D eigenvalue weighted by Gasteiger charge is 2.41. The van der Waals surface area contributed by atoms with Crippen molar-refractivity contribution in [2.45, 2.75) is 58.2 Å². The molecule has 0 saturated carbocycles. The van der Waals surface area contributed by atoms with E-state index >= 15 is 0 Å². The van der Waals surface area contributed by atoms with Crippen LogP contribution >= 0.6 is 0 Å². The van der Waals surface area contributed by atoms with E-state index in [2.05, 4.69) is 40.4 Å². The van der Waals surface area contributed by atoms with E-state index in [-0.39, 0.29) is 5.04 Å². The van der Waals surface area contributed by atoms with Crippen molar-refractivity contribution < 1.29 is 4.79 Å². The fraction of sp³-hybridized carbons (Fsp3) is 0.750. The van der Waals surface area contributed by atoms with Crippen LogP contribution in [0.1, 0.15) is 40.0 Å². The summed E-state index contributed by atoms with van der Waals surface area (Å²) in [4.78, 5) is 12.0. The molecule has 14 heavy (non-hydrogen) atoms. The molecule has 0 saturated heterocycles. The highest BCUT2D eigenvalue weighted by atomic mass is 28.3. The zero-order valence-electron chi connectivity index (χ0n) is 10.3. The molecule has 0 fully saturated rings. The van der Waals surface area contributed by atoms with Gasteiger partial charge in [0.2, 0.25) is 0 Å². The summed E-state index contributed by atoms with van der Waals surface area (Å²) in [6.45, 7) is 14.6. The first kappa shape index (κ1) is 13.6. The standard InChI is InChI=1S/C12H24OSi/c1-7-8-9-10-11(13)14(5,6)12(2,3)4/h7H,1,8-10H2,2-6H3. The van der Waals surface area contributed by atoms with Crippen LogP contribution in [0.3, 0.4) is 0 Å². The van der Waals surface area contributed by atoms with Gasteiger partial charge < -0.3 is 4.79 Å². The van der Waals surface area contributed by atoms with Crippen molar-refractivity contribution in [2.24, 2.45) is 0 Å². The molecule has 0 amide bonds. The van der Waals surface area contributed by atoms with Gasteiger partial charge in [0.25, 0.3) is 0 Å². The summed E-state index contributed by atoms with van der Waals surface area (Å²) >= 11 is 0. The minimum absolute atomic E-state index is 0.179. The van der Waals surface area contributed by atoms with Gasteiger partial charge in [0.1, 0.15) is 13.5 Å². The van der Waals surface area contributed by atoms with Crippen LogP contribution in [0.5, 0.6) is 0 Å². The molecule has 82 valence electrons. The third-order valence-corrected chi connectivity index (χ3v) is 8.78. The molecule has 0 aromatic rings. The number of unbranched alkanes of at least 4 members (excludes halogenated alkanes) is 1. The van der Waals surface area contributed by atoms with Crippen LogP contribution < -0.4 is 0 Å². The molecule has 0 aliphatic carbocycles. The van der Waals surface area contributed by atoms with Crippen LogP contribution in [0.25, 0.3) is 0 Å². The summed E-state index contributed by atoms with van der Waals surface area (Å²) in [7, 11) is -1.73. The third kappa shape index (κ3) is 3.41. The second kappa shape index (κ2) is 4.92. The highest BCUT2D eigenvalue weighted by Crippen LogP contribution is 2.37. The van der Waals surface area contributed by atoms with Crippen LogP contribution in [-0.4, -0.2) is 13.5 Å². The summed E-state index contributed by atoms with van der Waals surface area (Å²) < 4.78 is 0. The number of allylic oxidation sites excluding steroid dienone is 1. The second-order valence-corrected chi connectivity index (χ2v) is 10.8. The van der Waals surface area contributed by atoms with E-state index in [0.29, 0.717) is 5.41 Å². The Bertz CT molecular complexity index is 211.